The highest BCUT2D eigenvalue weighted by Gasteiger charge is 2.18. The van der Waals surface area contributed by atoms with E-state index in [4.69, 9.17) is 11.6 Å². The molecule has 1 heterocycles. The fourth-order valence-corrected chi connectivity index (χ4v) is 4.13. The summed E-state index contributed by atoms with van der Waals surface area (Å²) in [4.78, 5) is 2.59. The molecule has 102 valence electrons. The molecule has 0 spiro atoms. The molecule has 20 heavy (non-hydrogen) atoms. The fraction of sp³-hybridized carbons (Fsp3) is 0.222. The monoisotopic (exact) mass is 300 g/mol. The maximum Gasteiger partial charge on any atom is 0.0936 e. The van der Waals surface area contributed by atoms with Crippen molar-refractivity contribution in [3.05, 3.63) is 68.9 Å². The molecule has 0 bridgehead atoms. The van der Waals surface area contributed by atoms with Crippen LogP contribution in [0, 0.1) is 20.8 Å². The van der Waals surface area contributed by atoms with Crippen molar-refractivity contribution in [1.82, 2.24) is 0 Å². The van der Waals surface area contributed by atoms with Gasteiger partial charge in [-0.15, -0.1) is 22.9 Å². The highest BCUT2D eigenvalue weighted by Crippen LogP contribution is 2.39. The molecule has 3 rings (SSSR count). The summed E-state index contributed by atoms with van der Waals surface area (Å²) in [5.74, 6) is 0. The number of aryl methyl sites for hydroxylation is 3. The Labute approximate surface area is 129 Å². The van der Waals surface area contributed by atoms with Gasteiger partial charge in [0.15, 0.2) is 0 Å². The molecule has 0 aliphatic carbocycles. The molecule has 0 saturated carbocycles. The van der Waals surface area contributed by atoms with E-state index in [1.165, 1.54) is 37.2 Å². The smallest absolute Gasteiger partial charge is 0.0936 e. The van der Waals surface area contributed by atoms with Crippen LogP contribution in [-0.2, 0) is 0 Å². The standard InChI is InChI=1S/C18H17ClS/c1-11-8-9-14-6-4-5-7-15(14)17(11)18(19)16-10-12(2)13(3)20-16/h4-10,18H,1-3H3. The van der Waals surface area contributed by atoms with Crippen molar-refractivity contribution in [3.63, 3.8) is 0 Å². The summed E-state index contributed by atoms with van der Waals surface area (Å²) in [5, 5.41) is 2.44. The maximum absolute atomic E-state index is 6.81. The van der Waals surface area contributed by atoms with Crippen molar-refractivity contribution in [2.24, 2.45) is 0 Å². The molecular weight excluding hydrogens is 284 g/mol. The second kappa shape index (κ2) is 5.23. The van der Waals surface area contributed by atoms with Crippen molar-refractivity contribution in [1.29, 1.82) is 0 Å². The Kier molecular flexibility index (Phi) is 3.57. The summed E-state index contributed by atoms with van der Waals surface area (Å²) in [5.41, 5.74) is 3.83. The van der Waals surface area contributed by atoms with Crippen molar-refractivity contribution in [2.45, 2.75) is 26.1 Å². The fourth-order valence-electron chi connectivity index (χ4n) is 2.61. The lowest BCUT2D eigenvalue weighted by Gasteiger charge is -2.15. The first-order valence-corrected chi connectivity index (χ1v) is 8.02. The number of rotatable bonds is 2. The summed E-state index contributed by atoms with van der Waals surface area (Å²) in [6.07, 6.45) is 0. The van der Waals surface area contributed by atoms with Crippen LogP contribution >= 0.6 is 22.9 Å². The molecule has 0 saturated heterocycles. The zero-order valence-corrected chi connectivity index (χ0v) is 13.5. The number of fused-ring (bicyclic) bond motifs is 1. The molecule has 1 aromatic heterocycles. The minimum Gasteiger partial charge on any atom is -0.143 e. The van der Waals surface area contributed by atoms with Crippen LogP contribution in [0.3, 0.4) is 0 Å². The summed E-state index contributed by atoms with van der Waals surface area (Å²) >= 11 is 8.61. The Morgan fingerprint density at radius 3 is 2.40 bits per heavy atom. The molecule has 0 fully saturated rings. The zero-order chi connectivity index (χ0) is 14.3. The van der Waals surface area contributed by atoms with Crippen molar-refractivity contribution in [3.8, 4) is 0 Å². The molecule has 1 unspecified atom stereocenters. The lowest BCUT2D eigenvalue weighted by molar-refractivity contribution is 1.17. The molecule has 0 nitrogen and oxygen atoms in total. The van der Waals surface area contributed by atoms with E-state index in [1.807, 2.05) is 0 Å². The van der Waals surface area contributed by atoms with Crippen LogP contribution in [-0.4, -0.2) is 0 Å². The first-order valence-electron chi connectivity index (χ1n) is 6.77. The molecule has 0 aliphatic heterocycles. The van der Waals surface area contributed by atoms with Gasteiger partial charge in [0.2, 0.25) is 0 Å². The highest BCUT2D eigenvalue weighted by atomic mass is 35.5. The van der Waals surface area contributed by atoms with E-state index >= 15 is 0 Å². The average Bonchev–Trinajstić information content (AvgIpc) is 2.78. The van der Waals surface area contributed by atoms with Gasteiger partial charge < -0.3 is 0 Å². The van der Waals surface area contributed by atoms with E-state index in [1.54, 1.807) is 11.3 Å². The second-order valence-corrected chi connectivity index (χ2v) is 6.99. The first kappa shape index (κ1) is 13.7. The van der Waals surface area contributed by atoms with Crippen LogP contribution in [0.4, 0.5) is 0 Å². The predicted octanol–water partition coefficient (Wildman–Crippen LogP) is 6.15. The molecule has 0 aliphatic rings. The lowest BCUT2D eigenvalue weighted by Crippen LogP contribution is -1.96. The molecule has 2 aromatic carbocycles. The van der Waals surface area contributed by atoms with Crippen molar-refractivity contribution in [2.75, 3.05) is 0 Å². The van der Waals surface area contributed by atoms with Crippen molar-refractivity contribution < 1.29 is 0 Å². The lowest BCUT2D eigenvalue weighted by atomic mass is 9.96. The van der Waals surface area contributed by atoms with Gasteiger partial charge in [-0.25, -0.2) is 0 Å². The molecule has 1 atom stereocenters. The Balaban J connectivity index is 2.20. The topological polar surface area (TPSA) is 0 Å². The number of hydrogen-bond acceptors (Lipinski definition) is 1. The van der Waals surface area contributed by atoms with Gasteiger partial charge in [-0.2, -0.15) is 0 Å². The minimum absolute atomic E-state index is 0.0708. The third kappa shape index (κ3) is 2.25. The predicted molar refractivity (Wildman–Crippen MR) is 90.2 cm³/mol. The second-order valence-electron chi connectivity index (χ2n) is 5.27. The molecular formula is C18H17ClS. The van der Waals surface area contributed by atoms with E-state index < -0.39 is 0 Å². The van der Waals surface area contributed by atoms with Gasteiger partial charge in [0, 0.05) is 9.75 Å². The van der Waals surface area contributed by atoms with E-state index in [0.717, 1.165) is 0 Å². The first-order chi connectivity index (χ1) is 9.58. The number of halogens is 1. The molecule has 0 radical (unpaired) electrons. The quantitative estimate of drug-likeness (QED) is 0.498. The van der Waals surface area contributed by atoms with Gasteiger partial charge in [0.05, 0.1) is 5.38 Å². The third-order valence-electron chi connectivity index (χ3n) is 3.88. The third-order valence-corrected chi connectivity index (χ3v) is 5.68. The van der Waals surface area contributed by atoms with Gasteiger partial charge >= 0.3 is 0 Å². The number of hydrogen-bond donors (Lipinski definition) is 0. The molecule has 0 N–H and O–H groups in total. The maximum atomic E-state index is 6.81. The van der Waals surface area contributed by atoms with Gasteiger partial charge in [0.1, 0.15) is 0 Å². The highest BCUT2D eigenvalue weighted by molar-refractivity contribution is 7.12. The van der Waals surface area contributed by atoms with Crippen LogP contribution in [0.25, 0.3) is 10.8 Å². The van der Waals surface area contributed by atoms with E-state index in [2.05, 4.69) is 63.2 Å². The normalized spacial score (nSPS) is 12.8. The van der Waals surface area contributed by atoms with Gasteiger partial charge in [-0.3, -0.25) is 0 Å². The van der Waals surface area contributed by atoms with Gasteiger partial charge in [0.25, 0.3) is 0 Å². The van der Waals surface area contributed by atoms with Gasteiger partial charge in [-0.1, -0.05) is 36.4 Å². The SMILES string of the molecule is Cc1cc(C(Cl)c2c(C)ccc3ccccc23)sc1C. The van der Waals surface area contributed by atoms with Gasteiger partial charge in [-0.05, 0) is 54.3 Å². The summed E-state index contributed by atoms with van der Waals surface area (Å²) < 4.78 is 0. The van der Waals surface area contributed by atoms with Crippen LogP contribution in [0.2, 0.25) is 0 Å². The Morgan fingerprint density at radius 1 is 0.950 bits per heavy atom. The van der Waals surface area contributed by atoms with E-state index in [-0.39, 0.29) is 5.38 Å². The number of thiophene rings is 1. The van der Waals surface area contributed by atoms with Crippen LogP contribution in [0.1, 0.15) is 31.8 Å². The Morgan fingerprint density at radius 2 is 1.70 bits per heavy atom. The number of benzene rings is 2. The molecule has 0 amide bonds. The summed E-state index contributed by atoms with van der Waals surface area (Å²) in [6, 6.07) is 15.0. The molecule has 3 aromatic rings. The average molecular weight is 301 g/mol. The van der Waals surface area contributed by atoms with E-state index in [0.29, 0.717) is 0 Å². The molecule has 2 heteroatoms. The van der Waals surface area contributed by atoms with Crippen LogP contribution < -0.4 is 0 Å². The summed E-state index contributed by atoms with van der Waals surface area (Å²) in [7, 11) is 0. The largest absolute Gasteiger partial charge is 0.143 e. The number of alkyl halides is 1. The van der Waals surface area contributed by atoms with Crippen LogP contribution in [0.5, 0.6) is 0 Å². The summed E-state index contributed by atoms with van der Waals surface area (Å²) in [6.45, 7) is 6.45. The minimum atomic E-state index is -0.0708. The van der Waals surface area contributed by atoms with E-state index in [9.17, 15) is 0 Å². The van der Waals surface area contributed by atoms with Crippen molar-refractivity contribution >= 4 is 33.7 Å². The zero-order valence-electron chi connectivity index (χ0n) is 11.9. The van der Waals surface area contributed by atoms with Crippen LogP contribution in [0.15, 0.2) is 42.5 Å². The Hall–Kier alpha value is -1.31. The Bertz CT molecular complexity index is 751.